The normalized spacial score (nSPS) is 15.5. The van der Waals surface area contributed by atoms with Crippen LogP contribution in [0.25, 0.3) is 11.1 Å². The van der Waals surface area contributed by atoms with Gasteiger partial charge in [0.05, 0.1) is 5.69 Å². The number of Topliss-reactive ketones (excluding diaryl/α,β-unsaturated/α-hetero) is 1. The average Bonchev–Trinajstić information content (AvgIpc) is 3.37. The molecule has 1 aliphatic heterocycles. The fourth-order valence-electron chi connectivity index (χ4n) is 4.93. The lowest BCUT2D eigenvalue weighted by molar-refractivity contribution is -0.137. The largest absolute Gasteiger partial charge is 0.352 e. The number of carbonyl (C=O) groups is 4. The molecule has 0 bridgehead atoms. The number of hydrogen-bond acceptors (Lipinski definition) is 5. The number of benzene rings is 1. The number of aryl methyl sites for hydroxylation is 1. The fourth-order valence-corrected chi connectivity index (χ4v) is 4.93. The highest BCUT2D eigenvalue weighted by atomic mass is 16.2. The minimum Gasteiger partial charge on any atom is -0.352 e. The molecule has 1 aromatic carbocycles. The first-order chi connectivity index (χ1) is 19.8. The van der Waals surface area contributed by atoms with Gasteiger partial charge in [-0.05, 0) is 55.7 Å². The summed E-state index contributed by atoms with van der Waals surface area (Å²) in [6.07, 6.45) is 2.89. The van der Waals surface area contributed by atoms with Gasteiger partial charge in [-0.1, -0.05) is 39.8 Å². The predicted molar refractivity (Wildman–Crippen MR) is 164 cm³/mol. The Morgan fingerprint density at radius 1 is 1.07 bits per heavy atom. The molecule has 0 radical (unpaired) electrons. The lowest BCUT2D eigenvalue weighted by atomic mass is 9.92. The van der Waals surface area contributed by atoms with Crippen LogP contribution in [-0.4, -0.2) is 69.6 Å². The number of ketones is 1. The van der Waals surface area contributed by atoms with Gasteiger partial charge in [-0.15, -0.1) is 0 Å². The Kier molecular flexibility index (Phi) is 8.84. The number of pyridine rings is 1. The topological polar surface area (TPSA) is 127 Å². The van der Waals surface area contributed by atoms with E-state index >= 15 is 0 Å². The molecule has 42 heavy (non-hydrogen) atoms. The Hall–Kier alpha value is -4.47. The van der Waals surface area contributed by atoms with Crippen LogP contribution >= 0.6 is 0 Å². The summed E-state index contributed by atoms with van der Waals surface area (Å²) in [5.74, 6) is -0.462. The second kappa shape index (κ2) is 12.2. The molecule has 3 N–H and O–H groups in total. The van der Waals surface area contributed by atoms with Gasteiger partial charge >= 0.3 is 6.03 Å². The minimum absolute atomic E-state index is 0.0127. The zero-order chi connectivity index (χ0) is 30.8. The summed E-state index contributed by atoms with van der Waals surface area (Å²) < 4.78 is 0. The van der Waals surface area contributed by atoms with Crippen LogP contribution in [0.1, 0.15) is 79.7 Å². The van der Waals surface area contributed by atoms with Gasteiger partial charge in [0, 0.05) is 55.1 Å². The maximum Gasteiger partial charge on any atom is 0.323 e. The molecule has 1 saturated heterocycles. The summed E-state index contributed by atoms with van der Waals surface area (Å²) in [6.45, 7) is 12.5. The molecule has 0 spiro atoms. The molecule has 0 saturated carbocycles. The van der Waals surface area contributed by atoms with Crippen LogP contribution in [0.2, 0.25) is 0 Å². The molecule has 2 aromatic heterocycles. The SMILES string of the molecule is CCCC(=O)c1ccc(-c2cc(NC(=O)Nc3cc(C(C)(C)C)[nH]c3C(=O)N3CCN(C)C(=O)C3C)ccc2C)cn1. The Labute approximate surface area is 246 Å². The number of aromatic nitrogens is 2. The van der Waals surface area contributed by atoms with Gasteiger partial charge in [-0.25, -0.2) is 4.79 Å². The van der Waals surface area contributed by atoms with Crippen molar-refractivity contribution in [1.29, 1.82) is 0 Å². The average molecular weight is 573 g/mol. The number of piperazine rings is 1. The quantitative estimate of drug-likeness (QED) is 0.317. The van der Waals surface area contributed by atoms with Crippen molar-refractivity contribution in [2.75, 3.05) is 30.8 Å². The summed E-state index contributed by atoms with van der Waals surface area (Å²) in [6, 6.07) is 9.77. The highest BCUT2D eigenvalue weighted by molar-refractivity contribution is 6.07. The number of urea groups is 1. The number of rotatable bonds is 7. The zero-order valence-corrected chi connectivity index (χ0v) is 25.4. The van der Waals surface area contributed by atoms with Crippen LogP contribution in [0.3, 0.4) is 0 Å². The predicted octanol–water partition coefficient (Wildman–Crippen LogP) is 5.61. The summed E-state index contributed by atoms with van der Waals surface area (Å²) >= 11 is 0. The molecule has 4 rings (SSSR count). The lowest BCUT2D eigenvalue weighted by Crippen LogP contribution is -2.56. The number of amides is 4. The monoisotopic (exact) mass is 572 g/mol. The van der Waals surface area contributed by atoms with E-state index in [9.17, 15) is 19.2 Å². The van der Waals surface area contributed by atoms with Crippen molar-refractivity contribution < 1.29 is 19.2 Å². The molecule has 4 amide bonds. The van der Waals surface area contributed by atoms with Gasteiger partial charge in [0.25, 0.3) is 5.91 Å². The lowest BCUT2D eigenvalue weighted by Gasteiger charge is -2.37. The summed E-state index contributed by atoms with van der Waals surface area (Å²) in [5, 5.41) is 5.70. The third-order valence-electron chi connectivity index (χ3n) is 7.56. The molecular formula is C32H40N6O4. The first kappa shape index (κ1) is 30.5. The molecule has 1 atom stereocenters. The van der Waals surface area contributed by atoms with E-state index in [1.54, 1.807) is 43.3 Å². The summed E-state index contributed by atoms with van der Waals surface area (Å²) in [5.41, 5.74) is 4.71. The molecule has 10 nitrogen and oxygen atoms in total. The van der Waals surface area contributed by atoms with Crippen LogP contribution in [0.5, 0.6) is 0 Å². The maximum absolute atomic E-state index is 13.6. The number of carbonyl (C=O) groups excluding carboxylic acids is 4. The number of nitrogens with one attached hydrogen (secondary N) is 3. The van der Waals surface area contributed by atoms with E-state index in [1.807, 2.05) is 52.8 Å². The number of hydrogen-bond donors (Lipinski definition) is 3. The van der Waals surface area contributed by atoms with E-state index in [1.165, 1.54) is 4.90 Å². The maximum atomic E-state index is 13.6. The smallest absolute Gasteiger partial charge is 0.323 e. The van der Waals surface area contributed by atoms with E-state index in [2.05, 4.69) is 20.6 Å². The van der Waals surface area contributed by atoms with Crippen LogP contribution in [-0.2, 0) is 10.2 Å². The van der Waals surface area contributed by atoms with E-state index in [0.717, 1.165) is 28.8 Å². The molecule has 0 aliphatic carbocycles. The Bertz CT molecular complexity index is 1500. The first-order valence-corrected chi connectivity index (χ1v) is 14.3. The van der Waals surface area contributed by atoms with Crippen molar-refractivity contribution in [2.24, 2.45) is 0 Å². The molecule has 3 heterocycles. The number of anilines is 2. The van der Waals surface area contributed by atoms with E-state index in [-0.39, 0.29) is 28.7 Å². The van der Waals surface area contributed by atoms with Crippen molar-refractivity contribution in [3.8, 4) is 11.1 Å². The highest BCUT2D eigenvalue weighted by Crippen LogP contribution is 2.30. The number of likely N-dealkylation sites (N-methyl/N-ethyl adjacent to an activating group) is 1. The molecule has 1 unspecified atom stereocenters. The van der Waals surface area contributed by atoms with Crippen molar-refractivity contribution in [3.63, 3.8) is 0 Å². The molecule has 1 aliphatic rings. The Morgan fingerprint density at radius 3 is 2.45 bits per heavy atom. The third-order valence-corrected chi connectivity index (χ3v) is 7.56. The standard InChI is InChI=1S/C32H40N6O4/c1-8-9-26(39)24-13-11-21(18-33-24)23-16-22(12-10-19(23)2)34-31(42)35-25-17-27(32(4,5)6)36-28(25)30(41)38-15-14-37(7)29(40)20(38)3/h10-13,16-18,20,36H,8-9,14-15H2,1-7H3,(H2,34,35,42). The number of nitrogens with zero attached hydrogens (tertiary/aromatic N) is 3. The molecule has 3 aromatic rings. The second-order valence-electron chi connectivity index (χ2n) is 11.9. The molecule has 1 fully saturated rings. The third kappa shape index (κ3) is 6.53. The van der Waals surface area contributed by atoms with E-state index in [4.69, 9.17) is 0 Å². The Balaban J connectivity index is 1.55. The molecular weight excluding hydrogens is 532 g/mol. The first-order valence-electron chi connectivity index (χ1n) is 14.3. The fraction of sp³-hybridized carbons (Fsp3) is 0.406. The van der Waals surface area contributed by atoms with Gasteiger partial charge < -0.3 is 25.4 Å². The van der Waals surface area contributed by atoms with Crippen molar-refractivity contribution in [3.05, 3.63) is 65.2 Å². The van der Waals surface area contributed by atoms with Crippen LogP contribution in [0.15, 0.2) is 42.6 Å². The summed E-state index contributed by atoms with van der Waals surface area (Å²) in [4.78, 5) is 62.3. The van der Waals surface area contributed by atoms with Crippen molar-refractivity contribution in [1.82, 2.24) is 19.8 Å². The van der Waals surface area contributed by atoms with Crippen LogP contribution in [0, 0.1) is 6.92 Å². The second-order valence-corrected chi connectivity index (χ2v) is 11.9. The van der Waals surface area contributed by atoms with Crippen molar-refractivity contribution >= 4 is 35.0 Å². The van der Waals surface area contributed by atoms with E-state index < -0.39 is 12.1 Å². The van der Waals surface area contributed by atoms with E-state index in [0.29, 0.717) is 36.6 Å². The molecule has 10 heteroatoms. The minimum atomic E-state index is -0.612. The highest BCUT2D eigenvalue weighted by Gasteiger charge is 2.35. The van der Waals surface area contributed by atoms with Gasteiger partial charge in [0.15, 0.2) is 5.78 Å². The van der Waals surface area contributed by atoms with Gasteiger partial charge in [0.1, 0.15) is 17.4 Å². The number of aromatic amines is 1. The molecule has 222 valence electrons. The van der Waals surface area contributed by atoms with Gasteiger partial charge in [-0.2, -0.15) is 0 Å². The van der Waals surface area contributed by atoms with Crippen molar-refractivity contribution in [2.45, 2.75) is 65.8 Å². The zero-order valence-electron chi connectivity index (χ0n) is 25.4. The number of H-pyrrole nitrogens is 1. The van der Waals surface area contributed by atoms with Gasteiger partial charge in [0.2, 0.25) is 5.91 Å². The van der Waals surface area contributed by atoms with Crippen LogP contribution in [0.4, 0.5) is 16.2 Å². The Morgan fingerprint density at radius 2 is 1.81 bits per heavy atom. The summed E-state index contributed by atoms with van der Waals surface area (Å²) in [7, 11) is 1.72. The van der Waals surface area contributed by atoms with Gasteiger partial charge in [-0.3, -0.25) is 19.4 Å². The van der Waals surface area contributed by atoms with Crippen LogP contribution < -0.4 is 10.6 Å².